The van der Waals surface area contributed by atoms with Crippen LogP contribution >= 0.6 is 0 Å². The van der Waals surface area contributed by atoms with Crippen LogP contribution in [0.2, 0.25) is 0 Å². The van der Waals surface area contributed by atoms with Gasteiger partial charge in [-0.2, -0.15) is 0 Å². The average molecular weight is 529 g/mol. The van der Waals surface area contributed by atoms with Gasteiger partial charge >= 0.3 is 17.9 Å². The molecule has 8 atom stereocenters. The Balaban J connectivity index is 1.70. The molecule has 1 saturated heterocycles. The van der Waals surface area contributed by atoms with Gasteiger partial charge in [-0.05, 0) is 42.2 Å². The van der Waals surface area contributed by atoms with E-state index in [4.69, 9.17) is 18.6 Å². The molecule has 3 aliphatic carbocycles. The maximum absolute atomic E-state index is 14.2. The van der Waals surface area contributed by atoms with Crippen molar-refractivity contribution < 1.29 is 42.9 Å². The third-order valence-corrected chi connectivity index (χ3v) is 10.1. The van der Waals surface area contributed by atoms with Crippen molar-refractivity contribution in [2.75, 3.05) is 7.11 Å². The molecule has 0 amide bonds. The number of fused-ring (bicyclic) bond motifs is 5. The summed E-state index contributed by atoms with van der Waals surface area (Å²) in [4.78, 5) is 52.2. The standard InChI is InChI=1S/C29H36O9/c1-14(30)37-21(26(34)35-6)22-27(2,3)23(32)17-11-16-18(29(22,5)24(17)33)7-9-28(4)19(16)12-20(31)38-25(28)15-8-10-36-13-15/h8,10,13,17-18,21-23,25,32H,7,9,11-12H2,1-6H3/t17-,18-,21-,22-,23+,25-,28+,29+/m0/s1. The van der Waals surface area contributed by atoms with Crippen LogP contribution in [-0.2, 0) is 33.4 Å². The number of esters is 3. The van der Waals surface area contributed by atoms with Crippen molar-refractivity contribution in [3.05, 3.63) is 35.3 Å². The second kappa shape index (κ2) is 8.79. The highest BCUT2D eigenvalue weighted by atomic mass is 16.6. The maximum Gasteiger partial charge on any atom is 0.347 e. The molecular weight excluding hydrogens is 492 g/mol. The Hall–Kier alpha value is -2.94. The second-order valence-corrected chi connectivity index (χ2v) is 12.4. The summed E-state index contributed by atoms with van der Waals surface area (Å²) in [6.45, 7) is 8.76. The van der Waals surface area contributed by atoms with E-state index in [0.29, 0.717) is 19.3 Å². The summed E-state index contributed by atoms with van der Waals surface area (Å²) in [6.07, 6.45) is 1.82. The molecule has 2 bridgehead atoms. The lowest BCUT2D eigenvalue weighted by atomic mass is 9.40. The number of methoxy groups -OCH3 is 1. The van der Waals surface area contributed by atoms with E-state index in [1.807, 2.05) is 20.8 Å². The number of furan rings is 1. The van der Waals surface area contributed by atoms with Gasteiger partial charge in [-0.15, -0.1) is 0 Å². The Morgan fingerprint density at radius 3 is 2.50 bits per heavy atom. The number of ether oxygens (including phenoxy) is 3. The molecule has 1 aromatic heterocycles. The summed E-state index contributed by atoms with van der Waals surface area (Å²) in [5, 5.41) is 11.6. The first-order valence-corrected chi connectivity index (χ1v) is 13.2. The Morgan fingerprint density at radius 1 is 1.18 bits per heavy atom. The highest BCUT2D eigenvalue weighted by molar-refractivity contribution is 5.93. The first-order valence-electron chi connectivity index (χ1n) is 13.2. The SMILES string of the molecule is COC(=O)[C@@H](OC(C)=O)[C@H]1C(C)(C)[C@H](O)[C@@H]2CC3=C4CC(=O)O[C@@H](c5ccoc5)[C@]4(C)CC[C@@H]3[C@@]1(C)C2=O. The maximum atomic E-state index is 14.2. The van der Waals surface area contributed by atoms with Gasteiger partial charge in [-0.3, -0.25) is 14.4 Å². The van der Waals surface area contributed by atoms with Crippen molar-refractivity contribution in [3.8, 4) is 0 Å². The van der Waals surface area contributed by atoms with E-state index in [1.54, 1.807) is 18.6 Å². The van der Waals surface area contributed by atoms with Gasteiger partial charge in [0.25, 0.3) is 0 Å². The van der Waals surface area contributed by atoms with E-state index in [2.05, 4.69) is 6.92 Å². The molecular formula is C29H36O9. The first-order chi connectivity index (χ1) is 17.8. The smallest absolute Gasteiger partial charge is 0.347 e. The summed E-state index contributed by atoms with van der Waals surface area (Å²) in [5.74, 6) is -3.80. The van der Waals surface area contributed by atoms with Gasteiger partial charge in [-0.25, -0.2) is 4.79 Å². The van der Waals surface area contributed by atoms with Crippen LogP contribution in [0.25, 0.3) is 0 Å². The monoisotopic (exact) mass is 528 g/mol. The molecule has 0 aromatic carbocycles. The summed E-state index contributed by atoms with van der Waals surface area (Å²) >= 11 is 0. The van der Waals surface area contributed by atoms with Crippen LogP contribution in [0.5, 0.6) is 0 Å². The number of aliphatic hydroxyl groups is 1. The highest BCUT2D eigenvalue weighted by Crippen LogP contribution is 2.67. The zero-order valence-corrected chi connectivity index (χ0v) is 22.7. The van der Waals surface area contributed by atoms with Crippen molar-refractivity contribution in [2.45, 2.75) is 78.6 Å². The van der Waals surface area contributed by atoms with E-state index in [1.165, 1.54) is 14.0 Å². The lowest BCUT2D eigenvalue weighted by molar-refractivity contribution is -0.210. The average Bonchev–Trinajstić information content (AvgIpc) is 3.38. The molecule has 0 unspecified atom stereocenters. The largest absolute Gasteiger partial charge is 0.472 e. The van der Waals surface area contributed by atoms with Crippen LogP contribution in [0.4, 0.5) is 0 Å². The zero-order valence-electron chi connectivity index (χ0n) is 22.7. The number of hydrogen-bond acceptors (Lipinski definition) is 9. The van der Waals surface area contributed by atoms with Crippen LogP contribution in [0.3, 0.4) is 0 Å². The van der Waals surface area contributed by atoms with Crippen LogP contribution in [0, 0.1) is 34.0 Å². The van der Waals surface area contributed by atoms with Crippen LogP contribution in [0.1, 0.15) is 72.0 Å². The van der Waals surface area contributed by atoms with Crippen molar-refractivity contribution in [1.82, 2.24) is 0 Å². The normalized spacial score (nSPS) is 38.4. The lowest BCUT2D eigenvalue weighted by Gasteiger charge is -2.63. The summed E-state index contributed by atoms with van der Waals surface area (Å²) in [5.41, 5.74) is 0.0756. The van der Waals surface area contributed by atoms with E-state index < -0.39 is 58.3 Å². The Kier molecular flexibility index (Phi) is 6.17. The van der Waals surface area contributed by atoms with Gasteiger partial charge in [0.05, 0.1) is 32.2 Å². The number of cyclic esters (lactones) is 1. The lowest BCUT2D eigenvalue weighted by Crippen LogP contribution is -2.69. The summed E-state index contributed by atoms with van der Waals surface area (Å²) in [6, 6.07) is 1.80. The van der Waals surface area contributed by atoms with Gasteiger partial charge in [0.1, 0.15) is 11.9 Å². The summed E-state index contributed by atoms with van der Waals surface area (Å²) in [7, 11) is 1.21. The molecule has 206 valence electrons. The fraction of sp³-hybridized carbons (Fsp3) is 0.655. The predicted molar refractivity (Wildman–Crippen MR) is 132 cm³/mol. The van der Waals surface area contributed by atoms with Crippen molar-refractivity contribution in [2.24, 2.45) is 34.0 Å². The Morgan fingerprint density at radius 2 is 1.89 bits per heavy atom. The fourth-order valence-electron chi connectivity index (χ4n) is 8.44. The van der Waals surface area contributed by atoms with Crippen LogP contribution in [-0.4, -0.2) is 48.1 Å². The molecule has 4 aliphatic rings. The number of hydrogen-bond donors (Lipinski definition) is 1. The van der Waals surface area contributed by atoms with Gasteiger partial charge in [0, 0.05) is 35.2 Å². The zero-order chi connectivity index (χ0) is 27.8. The van der Waals surface area contributed by atoms with E-state index in [9.17, 15) is 24.3 Å². The topological polar surface area (TPSA) is 129 Å². The molecule has 5 rings (SSSR count). The molecule has 9 nitrogen and oxygen atoms in total. The molecule has 9 heteroatoms. The van der Waals surface area contributed by atoms with Gasteiger partial charge in [-0.1, -0.05) is 33.3 Å². The number of aliphatic hydroxyl groups excluding tert-OH is 1. The third-order valence-electron chi connectivity index (χ3n) is 10.1. The van der Waals surface area contributed by atoms with Crippen LogP contribution in [0.15, 0.2) is 34.2 Å². The van der Waals surface area contributed by atoms with Crippen molar-refractivity contribution in [3.63, 3.8) is 0 Å². The van der Waals surface area contributed by atoms with Crippen molar-refractivity contribution in [1.29, 1.82) is 0 Å². The molecule has 1 aliphatic heterocycles. The number of allylic oxidation sites excluding steroid dienone is 1. The molecule has 0 radical (unpaired) electrons. The molecule has 2 heterocycles. The molecule has 0 spiro atoms. The highest BCUT2D eigenvalue weighted by Gasteiger charge is 2.70. The third kappa shape index (κ3) is 3.53. The molecule has 2 saturated carbocycles. The molecule has 1 aromatic rings. The minimum Gasteiger partial charge on any atom is -0.472 e. The van der Waals surface area contributed by atoms with Crippen LogP contribution < -0.4 is 0 Å². The molecule has 3 fully saturated rings. The molecule has 38 heavy (non-hydrogen) atoms. The number of Topliss-reactive ketones (excluding diaryl/α,β-unsaturated/α-hetero) is 1. The molecule has 1 N–H and O–H groups in total. The van der Waals surface area contributed by atoms with E-state index in [0.717, 1.165) is 16.7 Å². The van der Waals surface area contributed by atoms with Gasteiger partial charge in [0.15, 0.2) is 0 Å². The first kappa shape index (κ1) is 26.7. The van der Waals surface area contributed by atoms with E-state index in [-0.39, 0.29) is 24.1 Å². The number of carbonyl (C=O) groups is 4. The fourth-order valence-corrected chi connectivity index (χ4v) is 8.44. The minimum absolute atomic E-state index is 0.0994. The van der Waals surface area contributed by atoms with Gasteiger partial charge in [0.2, 0.25) is 6.10 Å². The van der Waals surface area contributed by atoms with Crippen molar-refractivity contribution >= 4 is 23.7 Å². The van der Waals surface area contributed by atoms with E-state index >= 15 is 0 Å². The second-order valence-electron chi connectivity index (χ2n) is 12.4. The minimum atomic E-state index is -1.37. The van der Waals surface area contributed by atoms with Gasteiger partial charge < -0.3 is 23.7 Å². The summed E-state index contributed by atoms with van der Waals surface area (Å²) < 4.78 is 21.7. The predicted octanol–water partition coefficient (Wildman–Crippen LogP) is 3.70. The Bertz CT molecular complexity index is 1210. The number of carbonyl (C=O) groups excluding carboxylic acids is 4. The number of ketones is 1. The Labute approximate surface area is 221 Å². The quantitative estimate of drug-likeness (QED) is 0.353. The number of rotatable bonds is 4.